The smallest absolute Gasteiger partial charge is 0.0997 e. The third kappa shape index (κ3) is 5.98. The molecule has 0 amide bonds. The third-order valence-corrected chi connectivity index (χ3v) is 3.92. The lowest BCUT2D eigenvalue weighted by atomic mass is 10.1. The van der Waals surface area contributed by atoms with E-state index in [9.17, 15) is 0 Å². The Morgan fingerprint density at radius 3 is 2.45 bits per heavy atom. The maximum atomic E-state index is 4.28. The van der Waals surface area contributed by atoms with Crippen molar-refractivity contribution in [2.45, 2.75) is 58.4 Å². The second-order valence-corrected chi connectivity index (χ2v) is 5.82. The van der Waals surface area contributed by atoms with Gasteiger partial charge in [-0.2, -0.15) is 15.4 Å². The topological polar surface area (TPSA) is 53.6 Å². The fourth-order valence-electron chi connectivity index (χ4n) is 2.58. The van der Waals surface area contributed by atoms with Crippen LogP contribution in [0.1, 0.15) is 62.4 Å². The predicted molar refractivity (Wildman–Crippen MR) is 90.7 cm³/mol. The van der Waals surface area contributed by atoms with Gasteiger partial charge in [0.2, 0.25) is 0 Å². The summed E-state index contributed by atoms with van der Waals surface area (Å²) in [5.74, 6) is 0. The van der Waals surface area contributed by atoms with Gasteiger partial charge in [-0.15, -0.1) is 0 Å². The first-order valence-corrected chi connectivity index (χ1v) is 8.53. The summed E-state index contributed by atoms with van der Waals surface area (Å²) in [5.41, 5.74) is 3.35. The van der Waals surface area contributed by atoms with Crippen molar-refractivity contribution >= 4 is 0 Å². The van der Waals surface area contributed by atoms with Gasteiger partial charge in [-0.1, -0.05) is 69.4 Å². The zero-order chi connectivity index (χ0) is 15.5. The van der Waals surface area contributed by atoms with E-state index in [1.54, 1.807) is 0 Å². The minimum Gasteiger partial charge on any atom is -0.311 e. The van der Waals surface area contributed by atoms with Crippen LogP contribution in [0, 0.1) is 0 Å². The number of H-pyrrole nitrogens is 1. The second-order valence-electron chi connectivity index (χ2n) is 5.82. The first-order valence-electron chi connectivity index (χ1n) is 8.53. The first-order chi connectivity index (χ1) is 10.9. The van der Waals surface area contributed by atoms with Crippen LogP contribution >= 0.6 is 0 Å². The summed E-state index contributed by atoms with van der Waals surface area (Å²) >= 11 is 0. The number of nitrogens with zero attached hydrogens (tertiary/aromatic N) is 2. The summed E-state index contributed by atoms with van der Waals surface area (Å²) in [6.45, 7) is 4.11. The van der Waals surface area contributed by atoms with Gasteiger partial charge in [0, 0.05) is 13.0 Å². The van der Waals surface area contributed by atoms with Crippen molar-refractivity contribution < 1.29 is 0 Å². The highest BCUT2D eigenvalue weighted by Crippen LogP contribution is 2.09. The van der Waals surface area contributed by atoms with Crippen LogP contribution in [0.5, 0.6) is 0 Å². The molecule has 120 valence electrons. The summed E-state index contributed by atoms with van der Waals surface area (Å²) in [5, 5.41) is 14.8. The molecule has 4 nitrogen and oxygen atoms in total. The number of aromatic nitrogens is 3. The standard InChI is InChI=1S/C18H28N4/c1-2-3-4-5-6-10-13-19-15-18-17(20-22-21-18)14-16-11-8-7-9-12-16/h7-9,11-12,19H,2-6,10,13-15H2,1H3,(H,20,21,22). The number of rotatable bonds is 11. The van der Waals surface area contributed by atoms with Crippen molar-refractivity contribution in [2.75, 3.05) is 6.54 Å². The average molecular weight is 300 g/mol. The van der Waals surface area contributed by atoms with Gasteiger partial charge >= 0.3 is 0 Å². The van der Waals surface area contributed by atoms with Crippen LogP contribution in [0.3, 0.4) is 0 Å². The van der Waals surface area contributed by atoms with E-state index in [4.69, 9.17) is 0 Å². The van der Waals surface area contributed by atoms with Crippen molar-refractivity contribution in [1.82, 2.24) is 20.7 Å². The monoisotopic (exact) mass is 300 g/mol. The molecule has 1 aromatic heterocycles. The Bertz CT molecular complexity index is 507. The molecule has 0 fully saturated rings. The van der Waals surface area contributed by atoms with Gasteiger partial charge in [0.25, 0.3) is 0 Å². The highest BCUT2D eigenvalue weighted by Gasteiger charge is 2.07. The van der Waals surface area contributed by atoms with Gasteiger partial charge in [0.05, 0.1) is 11.4 Å². The number of hydrogen-bond donors (Lipinski definition) is 2. The lowest BCUT2D eigenvalue weighted by molar-refractivity contribution is 0.568. The second kappa shape index (κ2) is 10.1. The maximum Gasteiger partial charge on any atom is 0.0997 e. The number of benzene rings is 1. The SMILES string of the molecule is CCCCCCCCNCc1n[nH]nc1Cc1ccccc1. The Balaban J connectivity index is 1.65. The van der Waals surface area contributed by atoms with Crippen molar-refractivity contribution in [2.24, 2.45) is 0 Å². The average Bonchev–Trinajstić information content (AvgIpc) is 2.98. The van der Waals surface area contributed by atoms with Gasteiger partial charge < -0.3 is 5.32 Å². The van der Waals surface area contributed by atoms with Crippen LogP contribution in [0.4, 0.5) is 0 Å². The molecule has 0 aliphatic heterocycles. The first kappa shape index (κ1) is 16.7. The molecule has 0 radical (unpaired) electrons. The van der Waals surface area contributed by atoms with Crippen molar-refractivity contribution in [1.29, 1.82) is 0 Å². The Hall–Kier alpha value is -1.68. The van der Waals surface area contributed by atoms with Crippen molar-refractivity contribution in [3.63, 3.8) is 0 Å². The Morgan fingerprint density at radius 1 is 0.909 bits per heavy atom. The van der Waals surface area contributed by atoms with Crippen LogP contribution in [0.2, 0.25) is 0 Å². The molecule has 2 rings (SSSR count). The van der Waals surface area contributed by atoms with Crippen LogP contribution < -0.4 is 5.32 Å². The number of nitrogens with one attached hydrogen (secondary N) is 2. The lowest BCUT2D eigenvalue weighted by Crippen LogP contribution is -2.16. The fourth-order valence-corrected chi connectivity index (χ4v) is 2.58. The number of aromatic amines is 1. The highest BCUT2D eigenvalue weighted by atomic mass is 15.3. The van der Waals surface area contributed by atoms with Crippen LogP contribution in [-0.4, -0.2) is 22.0 Å². The summed E-state index contributed by atoms with van der Waals surface area (Å²) in [4.78, 5) is 0. The Kier molecular flexibility index (Phi) is 7.67. The van der Waals surface area contributed by atoms with Gasteiger partial charge in [0.15, 0.2) is 0 Å². The molecular formula is C18H28N4. The summed E-state index contributed by atoms with van der Waals surface area (Å²) in [7, 11) is 0. The molecule has 2 aromatic rings. The van der Waals surface area contributed by atoms with E-state index in [1.165, 1.54) is 44.1 Å². The van der Waals surface area contributed by atoms with E-state index in [1.807, 2.05) is 6.07 Å². The highest BCUT2D eigenvalue weighted by molar-refractivity contribution is 5.23. The lowest BCUT2D eigenvalue weighted by Gasteiger charge is -2.04. The van der Waals surface area contributed by atoms with E-state index in [2.05, 4.69) is 51.9 Å². The fraction of sp³-hybridized carbons (Fsp3) is 0.556. The van der Waals surface area contributed by atoms with Gasteiger partial charge in [-0.25, -0.2) is 0 Å². The number of unbranched alkanes of at least 4 members (excludes halogenated alkanes) is 5. The molecule has 0 spiro atoms. The molecule has 0 unspecified atom stereocenters. The van der Waals surface area contributed by atoms with E-state index in [-0.39, 0.29) is 0 Å². The molecule has 0 atom stereocenters. The summed E-state index contributed by atoms with van der Waals surface area (Å²) in [6, 6.07) is 10.4. The quantitative estimate of drug-likeness (QED) is 0.620. The van der Waals surface area contributed by atoms with Crippen LogP contribution in [0.25, 0.3) is 0 Å². The molecule has 1 aromatic carbocycles. The van der Waals surface area contributed by atoms with Crippen LogP contribution in [-0.2, 0) is 13.0 Å². The number of hydrogen-bond acceptors (Lipinski definition) is 3. The largest absolute Gasteiger partial charge is 0.311 e. The Morgan fingerprint density at radius 2 is 1.64 bits per heavy atom. The van der Waals surface area contributed by atoms with Crippen molar-refractivity contribution in [3.05, 3.63) is 47.3 Å². The molecular weight excluding hydrogens is 272 g/mol. The molecule has 22 heavy (non-hydrogen) atoms. The molecule has 4 heteroatoms. The summed E-state index contributed by atoms with van der Waals surface area (Å²) in [6.07, 6.45) is 8.83. The third-order valence-electron chi connectivity index (χ3n) is 3.92. The van der Waals surface area contributed by atoms with E-state index in [0.717, 1.165) is 30.9 Å². The molecule has 0 aliphatic rings. The molecule has 0 bridgehead atoms. The van der Waals surface area contributed by atoms with Gasteiger partial charge in [-0.3, -0.25) is 0 Å². The van der Waals surface area contributed by atoms with E-state index < -0.39 is 0 Å². The van der Waals surface area contributed by atoms with Gasteiger partial charge in [-0.05, 0) is 18.5 Å². The van der Waals surface area contributed by atoms with E-state index in [0.29, 0.717) is 0 Å². The Labute approximate surface area is 133 Å². The minimum absolute atomic E-state index is 0.799. The molecule has 0 saturated carbocycles. The van der Waals surface area contributed by atoms with E-state index >= 15 is 0 Å². The van der Waals surface area contributed by atoms with Crippen LogP contribution in [0.15, 0.2) is 30.3 Å². The summed E-state index contributed by atoms with van der Waals surface area (Å²) < 4.78 is 0. The van der Waals surface area contributed by atoms with Crippen molar-refractivity contribution in [3.8, 4) is 0 Å². The van der Waals surface area contributed by atoms with Gasteiger partial charge in [0.1, 0.15) is 0 Å². The normalized spacial score (nSPS) is 11.0. The molecule has 2 N–H and O–H groups in total. The zero-order valence-corrected chi connectivity index (χ0v) is 13.6. The molecule has 0 aliphatic carbocycles. The molecule has 1 heterocycles. The predicted octanol–water partition coefficient (Wildman–Crippen LogP) is 3.85. The molecule has 0 saturated heterocycles. The maximum absolute atomic E-state index is 4.28. The zero-order valence-electron chi connectivity index (χ0n) is 13.6. The minimum atomic E-state index is 0.799.